The molecule has 2 atom stereocenters. The Kier molecular flexibility index (Phi) is 4.14. The maximum atomic E-state index is 11.1. The van der Waals surface area contributed by atoms with Crippen molar-refractivity contribution in [1.82, 2.24) is 4.90 Å². The molecule has 2 saturated heterocycles. The third kappa shape index (κ3) is 2.72. The zero-order chi connectivity index (χ0) is 11.5. The Bertz CT molecular complexity index is 253. The van der Waals surface area contributed by atoms with E-state index in [0.717, 1.165) is 25.3 Å². The number of likely N-dealkylation sites (tertiary alicyclic amines) is 1. The zero-order valence-electron chi connectivity index (χ0n) is 9.89. The molecular weight excluding hydrogens is 222 g/mol. The van der Waals surface area contributed by atoms with Gasteiger partial charge in [-0.1, -0.05) is 0 Å². The van der Waals surface area contributed by atoms with Gasteiger partial charge in [-0.2, -0.15) is 11.8 Å². The van der Waals surface area contributed by atoms with Gasteiger partial charge >= 0.3 is 5.97 Å². The number of carboxylic acid groups (broad SMARTS) is 1. The number of carboxylic acids is 1. The highest BCUT2D eigenvalue weighted by Gasteiger charge is 2.35. The van der Waals surface area contributed by atoms with Crippen LogP contribution in [0.1, 0.15) is 25.7 Å². The molecule has 1 N–H and O–H groups in total. The lowest BCUT2D eigenvalue weighted by Crippen LogP contribution is -2.46. The maximum Gasteiger partial charge on any atom is 0.306 e. The van der Waals surface area contributed by atoms with E-state index in [1.54, 1.807) is 0 Å². The Morgan fingerprint density at radius 1 is 1.31 bits per heavy atom. The molecule has 2 unspecified atom stereocenters. The van der Waals surface area contributed by atoms with Gasteiger partial charge in [-0.25, -0.2) is 0 Å². The van der Waals surface area contributed by atoms with E-state index in [1.165, 1.54) is 24.3 Å². The van der Waals surface area contributed by atoms with Crippen molar-refractivity contribution in [1.29, 1.82) is 0 Å². The average Bonchev–Trinajstić information content (AvgIpc) is 2.30. The number of nitrogens with zero attached hydrogens (tertiary/aromatic N) is 1. The lowest BCUT2D eigenvalue weighted by atomic mass is 9.82. The van der Waals surface area contributed by atoms with Gasteiger partial charge in [-0.05, 0) is 56.7 Å². The van der Waals surface area contributed by atoms with Gasteiger partial charge in [-0.15, -0.1) is 0 Å². The summed E-state index contributed by atoms with van der Waals surface area (Å²) in [5.41, 5.74) is 0. The van der Waals surface area contributed by atoms with Gasteiger partial charge in [0.25, 0.3) is 0 Å². The van der Waals surface area contributed by atoms with Crippen molar-refractivity contribution in [2.45, 2.75) is 31.7 Å². The molecule has 0 aromatic rings. The number of hydrogen-bond donors (Lipinski definition) is 1. The van der Waals surface area contributed by atoms with Crippen molar-refractivity contribution in [2.24, 2.45) is 11.8 Å². The Morgan fingerprint density at radius 3 is 2.62 bits per heavy atom. The average molecular weight is 243 g/mol. The minimum Gasteiger partial charge on any atom is -0.481 e. The van der Waals surface area contributed by atoms with E-state index < -0.39 is 5.97 Å². The van der Waals surface area contributed by atoms with Crippen LogP contribution in [0.15, 0.2) is 0 Å². The van der Waals surface area contributed by atoms with Crippen LogP contribution in [-0.2, 0) is 4.79 Å². The van der Waals surface area contributed by atoms with Crippen molar-refractivity contribution in [3.8, 4) is 0 Å². The molecular formula is C12H21NO2S. The summed E-state index contributed by atoms with van der Waals surface area (Å²) in [4.78, 5) is 13.5. The number of hydrogen-bond acceptors (Lipinski definition) is 3. The monoisotopic (exact) mass is 243 g/mol. The van der Waals surface area contributed by atoms with E-state index in [-0.39, 0.29) is 5.92 Å². The molecule has 2 aliphatic heterocycles. The molecule has 0 radical (unpaired) electrons. The van der Waals surface area contributed by atoms with Crippen LogP contribution in [-0.4, -0.2) is 47.1 Å². The molecule has 2 rings (SSSR count). The summed E-state index contributed by atoms with van der Waals surface area (Å²) in [7, 11) is 2.16. The van der Waals surface area contributed by atoms with Crippen LogP contribution in [0, 0.1) is 11.8 Å². The standard InChI is InChI=1S/C12H21NO2S/c1-13-5-2-10(12(14)15)8-11(13)9-3-6-16-7-4-9/h9-11H,2-8H2,1H3,(H,14,15). The van der Waals surface area contributed by atoms with Crippen molar-refractivity contribution >= 4 is 17.7 Å². The molecule has 2 fully saturated rings. The van der Waals surface area contributed by atoms with Crippen LogP contribution in [0.4, 0.5) is 0 Å². The first-order chi connectivity index (χ1) is 7.68. The number of thioether (sulfide) groups is 1. The highest BCUT2D eigenvalue weighted by atomic mass is 32.2. The van der Waals surface area contributed by atoms with E-state index in [4.69, 9.17) is 5.11 Å². The second-order valence-corrected chi connectivity index (χ2v) is 6.28. The number of piperidine rings is 1. The minimum absolute atomic E-state index is 0.101. The van der Waals surface area contributed by atoms with Crippen molar-refractivity contribution in [3.05, 3.63) is 0 Å². The van der Waals surface area contributed by atoms with Crippen molar-refractivity contribution in [2.75, 3.05) is 25.1 Å². The Morgan fingerprint density at radius 2 is 2.00 bits per heavy atom. The van der Waals surface area contributed by atoms with Crippen molar-refractivity contribution in [3.63, 3.8) is 0 Å². The molecule has 2 aliphatic rings. The SMILES string of the molecule is CN1CCC(C(=O)O)CC1C1CCSCC1. The summed E-state index contributed by atoms with van der Waals surface area (Å²) in [6, 6.07) is 0.510. The highest BCUT2D eigenvalue weighted by Crippen LogP contribution is 2.34. The van der Waals surface area contributed by atoms with Gasteiger partial charge in [0.2, 0.25) is 0 Å². The zero-order valence-corrected chi connectivity index (χ0v) is 10.7. The predicted molar refractivity (Wildman–Crippen MR) is 66.8 cm³/mol. The van der Waals surface area contributed by atoms with Gasteiger partial charge in [0.1, 0.15) is 0 Å². The molecule has 3 nitrogen and oxygen atoms in total. The predicted octanol–water partition coefficient (Wildman–Crippen LogP) is 1.92. The summed E-state index contributed by atoms with van der Waals surface area (Å²) < 4.78 is 0. The first-order valence-electron chi connectivity index (χ1n) is 6.19. The van der Waals surface area contributed by atoms with Gasteiger partial charge in [0.15, 0.2) is 0 Å². The Balaban J connectivity index is 1.97. The molecule has 0 saturated carbocycles. The number of carbonyl (C=O) groups is 1. The summed E-state index contributed by atoms with van der Waals surface area (Å²) in [5.74, 6) is 2.55. The quantitative estimate of drug-likeness (QED) is 0.804. The normalized spacial score (nSPS) is 33.8. The van der Waals surface area contributed by atoms with E-state index in [2.05, 4.69) is 11.9 Å². The molecule has 0 aromatic heterocycles. The molecule has 0 aromatic carbocycles. The second-order valence-electron chi connectivity index (χ2n) is 5.06. The molecule has 92 valence electrons. The topological polar surface area (TPSA) is 40.5 Å². The third-order valence-electron chi connectivity index (χ3n) is 4.08. The molecule has 2 heterocycles. The number of aliphatic carboxylic acids is 1. The Labute approximate surface area is 102 Å². The summed E-state index contributed by atoms with van der Waals surface area (Å²) in [6.45, 7) is 0.950. The fourth-order valence-corrected chi connectivity index (χ4v) is 4.13. The molecule has 4 heteroatoms. The second kappa shape index (κ2) is 5.41. The van der Waals surface area contributed by atoms with Gasteiger partial charge in [0, 0.05) is 6.04 Å². The molecule has 0 amide bonds. The van der Waals surface area contributed by atoms with Gasteiger partial charge in [0.05, 0.1) is 5.92 Å². The van der Waals surface area contributed by atoms with Crippen LogP contribution in [0.2, 0.25) is 0 Å². The lowest BCUT2D eigenvalue weighted by molar-refractivity contribution is -0.144. The maximum absolute atomic E-state index is 11.1. The van der Waals surface area contributed by atoms with E-state index in [1.807, 2.05) is 11.8 Å². The molecule has 0 spiro atoms. The highest BCUT2D eigenvalue weighted by molar-refractivity contribution is 7.99. The van der Waals surface area contributed by atoms with E-state index >= 15 is 0 Å². The Hall–Kier alpha value is -0.220. The fourth-order valence-electron chi connectivity index (χ4n) is 2.99. The van der Waals surface area contributed by atoms with Crippen molar-refractivity contribution < 1.29 is 9.90 Å². The summed E-state index contributed by atoms with van der Waals surface area (Å²) >= 11 is 2.04. The van der Waals surface area contributed by atoms with E-state index in [0.29, 0.717) is 6.04 Å². The van der Waals surface area contributed by atoms with Crippen LogP contribution < -0.4 is 0 Å². The molecule has 16 heavy (non-hydrogen) atoms. The smallest absolute Gasteiger partial charge is 0.306 e. The third-order valence-corrected chi connectivity index (χ3v) is 5.13. The van der Waals surface area contributed by atoms with Crippen LogP contribution in [0.5, 0.6) is 0 Å². The summed E-state index contributed by atoms with van der Waals surface area (Å²) in [5, 5.41) is 9.12. The first-order valence-corrected chi connectivity index (χ1v) is 7.34. The van der Waals surface area contributed by atoms with Crippen LogP contribution in [0.25, 0.3) is 0 Å². The molecule has 0 bridgehead atoms. The first kappa shape index (κ1) is 12.2. The summed E-state index contributed by atoms with van der Waals surface area (Å²) in [6.07, 6.45) is 4.23. The van der Waals surface area contributed by atoms with Gasteiger partial charge in [-0.3, -0.25) is 4.79 Å². The number of rotatable bonds is 2. The largest absolute Gasteiger partial charge is 0.481 e. The fraction of sp³-hybridized carbons (Fsp3) is 0.917. The van der Waals surface area contributed by atoms with E-state index in [9.17, 15) is 4.79 Å². The minimum atomic E-state index is -0.594. The van der Waals surface area contributed by atoms with Gasteiger partial charge < -0.3 is 10.0 Å². The van der Waals surface area contributed by atoms with Crippen LogP contribution in [0.3, 0.4) is 0 Å². The van der Waals surface area contributed by atoms with Crippen LogP contribution >= 0.6 is 11.8 Å². The molecule has 0 aliphatic carbocycles. The lowest BCUT2D eigenvalue weighted by Gasteiger charge is -2.41.